The molecule has 0 bridgehead atoms. The molecule has 2 aromatic rings. The lowest BCUT2D eigenvalue weighted by Crippen LogP contribution is -2.22. The van der Waals surface area contributed by atoms with E-state index in [-0.39, 0.29) is 17.2 Å². The van der Waals surface area contributed by atoms with Crippen LogP contribution >= 0.6 is 0 Å². The van der Waals surface area contributed by atoms with Crippen LogP contribution in [0.1, 0.15) is 22.6 Å². The molecule has 0 saturated carbocycles. The fourth-order valence-electron chi connectivity index (χ4n) is 2.22. The second-order valence-corrected chi connectivity index (χ2v) is 7.94. The van der Waals surface area contributed by atoms with Crippen molar-refractivity contribution in [1.29, 1.82) is 0 Å². The monoisotopic (exact) mass is 351 g/mol. The van der Waals surface area contributed by atoms with Crippen molar-refractivity contribution in [3.63, 3.8) is 0 Å². The molecule has 0 saturated heterocycles. The van der Waals surface area contributed by atoms with Gasteiger partial charge in [-0.15, -0.1) is 0 Å². The number of amides is 1. The van der Waals surface area contributed by atoms with Crippen LogP contribution in [0.4, 0.5) is 5.69 Å². The minimum atomic E-state index is -3.56. The molecular weight excluding hydrogens is 330 g/mol. The predicted molar refractivity (Wildman–Crippen MR) is 90.4 cm³/mol. The van der Waals surface area contributed by atoms with Gasteiger partial charge in [0.05, 0.1) is 17.0 Å². The molecule has 1 N–H and O–H groups in total. The molecule has 0 fully saturated rings. The highest BCUT2D eigenvalue weighted by molar-refractivity contribution is 7.89. The van der Waals surface area contributed by atoms with Gasteiger partial charge in [-0.1, -0.05) is 11.2 Å². The van der Waals surface area contributed by atoms with Crippen molar-refractivity contribution in [2.75, 3.05) is 19.4 Å². The number of benzene rings is 1. The highest BCUT2D eigenvalue weighted by atomic mass is 32.2. The maximum absolute atomic E-state index is 12.3. The third-order valence-corrected chi connectivity index (χ3v) is 5.59. The molecule has 1 amide bonds. The number of carbonyl (C=O) groups excluding carboxylic acids is 1. The number of nitrogens with one attached hydrogen (secondary N) is 1. The molecule has 2 rings (SSSR count). The fourth-order valence-corrected chi connectivity index (χ4v) is 3.14. The lowest BCUT2D eigenvalue weighted by atomic mass is 10.1. The maximum atomic E-state index is 12.3. The largest absolute Gasteiger partial charge is 0.361 e. The fraction of sp³-hybridized carbons (Fsp3) is 0.375. The number of anilines is 1. The summed E-state index contributed by atoms with van der Waals surface area (Å²) < 4.78 is 30.6. The number of hydrogen-bond acceptors (Lipinski definition) is 5. The standard InChI is InChI=1S/C16H21N3O4S/c1-10-6-7-13(24(21,22)19(4)5)8-15(10)17-16(20)9-14-11(2)18-23-12(14)3/h6-8H,9H2,1-5H3,(H,17,20). The van der Waals surface area contributed by atoms with Gasteiger partial charge >= 0.3 is 0 Å². The smallest absolute Gasteiger partial charge is 0.242 e. The molecular formula is C16H21N3O4S. The van der Waals surface area contributed by atoms with Crippen molar-refractivity contribution in [3.05, 3.63) is 40.8 Å². The van der Waals surface area contributed by atoms with Crippen LogP contribution in [0.25, 0.3) is 0 Å². The summed E-state index contributed by atoms with van der Waals surface area (Å²) in [5, 5.41) is 6.58. The van der Waals surface area contributed by atoms with E-state index < -0.39 is 10.0 Å². The second kappa shape index (κ2) is 6.74. The Bertz CT molecular complexity index is 850. The number of sulfonamides is 1. The summed E-state index contributed by atoms with van der Waals surface area (Å²) in [6.07, 6.45) is 0.116. The molecule has 0 spiro atoms. The summed E-state index contributed by atoms with van der Waals surface area (Å²) >= 11 is 0. The van der Waals surface area contributed by atoms with Gasteiger partial charge in [0.2, 0.25) is 15.9 Å². The molecule has 0 aliphatic rings. The third-order valence-electron chi connectivity index (χ3n) is 3.78. The molecule has 8 heteroatoms. The van der Waals surface area contributed by atoms with Crippen molar-refractivity contribution in [2.24, 2.45) is 0 Å². The third kappa shape index (κ3) is 3.65. The van der Waals surface area contributed by atoms with E-state index in [0.29, 0.717) is 17.1 Å². The Morgan fingerprint density at radius 3 is 2.46 bits per heavy atom. The lowest BCUT2D eigenvalue weighted by Gasteiger charge is -2.14. The Morgan fingerprint density at radius 2 is 1.92 bits per heavy atom. The normalized spacial score (nSPS) is 11.8. The van der Waals surface area contributed by atoms with Gasteiger partial charge in [-0.2, -0.15) is 0 Å². The highest BCUT2D eigenvalue weighted by Gasteiger charge is 2.19. The number of aromatic nitrogens is 1. The average Bonchev–Trinajstić information content (AvgIpc) is 2.81. The van der Waals surface area contributed by atoms with Gasteiger partial charge in [-0.05, 0) is 38.5 Å². The Morgan fingerprint density at radius 1 is 1.25 bits per heavy atom. The van der Waals surface area contributed by atoms with E-state index in [0.717, 1.165) is 15.4 Å². The van der Waals surface area contributed by atoms with Gasteiger partial charge in [0, 0.05) is 25.3 Å². The molecule has 1 aromatic carbocycles. The van der Waals surface area contributed by atoms with Crippen LogP contribution in [0.2, 0.25) is 0 Å². The summed E-state index contributed by atoms with van der Waals surface area (Å²) in [5.41, 5.74) is 2.65. The first-order valence-corrected chi connectivity index (χ1v) is 8.81. The molecule has 0 atom stereocenters. The number of carbonyl (C=O) groups is 1. The van der Waals surface area contributed by atoms with Gasteiger partial charge in [0.25, 0.3) is 0 Å². The average molecular weight is 351 g/mol. The van der Waals surface area contributed by atoms with Gasteiger partial charge in [0.1, 0.15) is 5.76 Å². The Hall–Kier alpha value is -2.19. The van der Waals surface area contributed by atoms with E-state index in [9.17, 15) is 13.2 Å². The lowest BCUT2D eigenvalue weighted by molar-refractivity contribution is -0.115. The summed E-state index contributed by atoms with van der Waals surface area (Å²) in [7, 11) is -0.632. The molecule has 130 valence electrons. The molecule has 0 unspecified atom stereocenters. The number of rotatable bonds is 5. The number of aryl methyl sites for hydroxylation is 3. The van der Waals surface area contributed by atoms with Crippen molar-refractivity contribution >= 4 is 21.6 Å². The molecule has 1 heterocycles. The summed E-state index contributed by atoms with van der Waals surface area (Å²) in [4.78, 5) is 12.4. The van der Waals surface area contributed by atoms with E-state index in [1.165, 1.54) is 26.2 Å². The predicted octanol–water partition coefficient (Wildman–Crippen LogP) is 2.03. The van der Waals surface area contributed by atoms with Gasteiger partial charge in [-0.3, -0.25) is 4.79 Å². The molecule has 1 aromatic heterocycles. The van der Waals surface area contributed by atoms with Gasteiger partial charge in [-0.25, -0.2) is 12.7 Å². The summed E-state index contributed by atoms with van der Waals surface area (Å²) in [5.74, 6) is 0.343. The van der Waals surface area contributed by atoms with Crippen molar-refractivity contribution < 1.29 is 17.7 Å². The summed E-state index contributed by atoms with van der Waals surface area (Å²) in [6, 6.07) is 4.66. The zero-order chi connectivity index (χ0) is 18.1. The van der Waals surface area contributed by atoms with E-state index in [1.54, 1.807) is 26.8 Å². The molecule has 0 aliphatic carbocycles. The van der Waals surface area contributed by atoms with Crippen LogP contribution in [-0.4, -0.2) is 37.9 Å². The quantitative estimate of drug-likeness (QED) is 0.890. The molecule has 24 heavy (non-hydrogen) atoms. The van der Waals surface area contributed by atoms with Gasteiger partial charge < -0.3 is 9.84 Å². The van der Waals surface area contributed by atoms with Crippen molar-refractivity contribution in [3.8, 4) is 0 Å². The van der Waals surface area contributed by atoms with Crippen LogP contribution in [0.15, 0.2) is 27.6 Å². The molecule has 0 aliphatic heterocycles. The zero-order valence-electron chi connectivity index (χ0n) is 14.4. The topological polar surface area (TPSA) is 92.5 Å². The van der Waals surface area contributed by atoms with E-state index in [4.69, 9.17) is 4.52 Å². The number of hydrogen-bond donors (Lipinski definition) is 1. The zero-order valence-corrected chi connectivity index (χ0v) is 15.2. The van der Waals surface area contributed by atoms with E-state index >= 15 is 0 Å². The van der Waals surface area contributed by atoms with Crippen LogP contribution in [0.3, 0.4) is 0 Å². The van der Waals surface area contributed by atoms with Crippen molar-refractivity contribution in [1.82, 2.24) is 9.46 Å². The van der Waals surface area contributed by atoms with Crippen LogP contribution < -0.4 is 5.32 Å². The van der Waals surface area contributed by atoms with Gasteiger partial charge in [0.15, 0.2) is 0 Å². The Kier molecular flexibility index (Phi) is 5.10. The molecule has 0 radical (unpaired) electrons. The summed E-state index contributed by atoms with van der Waals surface area (Å²) in [6.45, 7) is 5.32. The van der Waals surface area contributed by atoms with Crippen LogP contribution in [-0.2, 0) is 21.2 Å². The minimum Gasteiger partial charge on any atom is -0.361 e. The Balaban J connectivity index is 2.25. The first kappa shape index (κ1) is 18.2. The van der Waals surface area contributed by atoms with Crippen LogP contribution in [0, 0.1) is 20.8 Å². The highest BCUT2D eigenvalue weighted by Crippen LogP contribution is 2.22. The van der Waals surface area contributed by atoms with E-state index in [2.05, 4.69) is 10.5 Å². The van der Waals surface area contributed by atoms with E-state index in [1.807, 2.05) is 0 Å². The van der Waals surface area contributed by atoms with Crippen LogP contribution in [0.5, 0.6) is 0 Å². The van der Waals surface area contributed by atoms with Crippen molar-refractivity contribution in [2.45, 2.75) is 32.1 Å². The Labute approximate surface area is 141 Å². The number of nitrogens with zero attached hydrogens (tertiary/aromatic N) is 2. The molecule has 7 nitrogen and oxygen atoms in total. The minimum absolute atomic E-state index is 0.116. The maximum Gasteiger partial charge on any atom is 0.242 e. The first-order chi connectivity index (χ1) is 11.1. The first-order valence-electron chi connectivity index (χ1n) is 7.37. The SMILES string of the molecule is Cc1ccc(S(=O)(=O)N(C)C)cc1NC(=O)Cc1c(C)noc1C. The second-order valence-electron chi connectivity index (χ2n) is 5.79.